The molecule has 1 fully saturated rings. The SMILES string of the molecule is C[C@@H]1CN(c2ccc(C#N)c3ncccc23)C[C@H](C(=O)NCCOc2ccc(F)cc2)O1. The lowest BCUT2D eigenvalue weighted by Crippen LogP contribution is -2.53. The molecule has 1 aromatic heterocycles. The lowest BCUT2D eigenvalue weighted by Gasteiger charge is -2.38. The van der Waals surface area contributed by atoms with Crippen molar-refractivity contribution in [2.45, 2.75) is 19.1 Å². The Morgan fingerprint density at radius 2 is 2.09 bits per heavy atom. The van der Waals surface area contributed by atoms with Crippen molar-refractivity contribution in [3.05, 3.63) is 66.1 Å². The first kappa shape index (κ1) is 21.5. The molecule has 3 aromatic rings. The summed E-state index contributed by atoms with van der Waals surface area (Å²) in [7, 11) is 0. The van der Waals surface area contributed by atoms with E-state index in [1.165, 1.54) is 24.3 Å². The molecule has 164 valence electrons. The molecule has 0 bridgehead atoms. The van der Waals surface area contributed by atoms with Crippen molar-refractivity contribution in [1.29, 1.82) is 5.26 Å². The average molecular weight is 434 g/mol. The van der Waals surface area contributed by atoms with Gasteiger partial charge in [-0.2, -0.15) is 5.26 Å². The van der Waals surface area contributed by atoms with Crippen molar-refractivity contribution in [3.8, 4) is 11.8 Å². The molecule has 8 heteroatoms. The van der Waals surface area contributed by atoms with Gasteiger partial charge in [0.15, 0.2) is 6.10 Å². The molecule has 0 unspecified atom stereocenters. The molecule has 1 saturated heterocycles. The smallest absolute Gasteiger partial charge is 0.251 e. The summed E-state index contributed by atoms with van der Waals surface area (Å²) in [5, 5.41) is 13.1. The number of benzene rings is 2. The molecule has 1 aliphatic heterocycles. The second kappa shape index (κ2) is 9.62. The van der Waals surface area contributed by atoms with Crippen molar-refractivity contribution >= 4 is 22.5 Å². The number of anilines is 1. The van der Waals surface area contributed by atoms with E-state index in [0.717, 1.165) is 11.1 Å². The van der Waals surface area contributed by atoms with Gasteiger partial charge in [0.05, 0.1) is 30.3 Å². The van der Waals surface area contributed by atoms with Crippen LogP contribution in [0.5, 0.6) is 5.75 Å². The number of ether oxygens (including phenoxy) is 2. The first-order chi connectivity index (χ1) is 15.5. The molecule has 4 rings (SSSR count). The van der Waals surface area contributed by atoms with Gasteiger partial charge in [0.25, 0.3) is 5.91 Å². The highest BCUT2D eigenvalue weighted by atomic mass is 19.1. The van der Waals surface area contributed by atoms with E-state index < -0.39 is 6.10 Å². The van der Waals surface area contributed by atoms with Gasteiger partial charge in [-0.3, -0.25) is 9.78 Å². The van der Waals surface area contributed by atoms with Gasteiger partial charge >= 0.3 is 0 Å². The van der Waals surface area contributed by atoms with E-state index >= 15 is 0 Å². The lowest BCUT2D eigenvalue weighted by atomic mass is 10.1. The Hall–Kier alpha value is -3.70. The molecule has 0 spiro atoms. The van der Waals surface area contributed by atoms with Gasteiger partial charge in [0.2, 0.25) is 0 Å². The van der Waals surface area contributed by atoms with Gasteiger partial charge in [-0.1, -0.05) is 0 Å². The number of halogens is 1. The highest BCUT2D eigenvalue weighted by Gasteiger charge is 2.31. The van der Waals surface area contributed by atoms with Crippen LogP contribution >= 0.6 is 0 Å². The number of hydrogen-bond donors (Lipinski definition) is 1. The number of carbonyl (C=O) groups is 1. The van der Waals surface area contributed by atoms with E-state index in [2.05, 4.69) is 21.3 Å². The summed E-state index contributed by atoms with van der Waals surface area (Å²) in [6.45, 7) is 3.48. The van der Waals surface area contributed by atoms with Gasteiger partial charge in [-0.15, -0.1) is 0 Å². The topological polar surface area (TPSA) is 87.5 Å². The summed E-state index contributed by atoms with van der Waals surface area (Å²) in [5.41, 5.74) is 2.08. The van der Waals surface area contributed by atoms with Crippen LogP contribution in [-0.4, -0.2) is 49.3 Å². The van der Waals surface area contributed by atoms with Crippen LogP contribution in [0.3, 0.4) is 0 Å². The van der Waals surface area contributed by atoms with E-state index in [4.69, 9.17) is 9.47 Å². The standard InChI is InChI=1S/C24H23FN4O3/c1-16-14-29(21-9-4-17(13-26)23-20(21)3-2-10-27-23)15-22(32-16)24(30)28-11-12-31-19-7-5-18(25)6-8-19/h2-10,16,22H,11-12,14-15H2,1H3,(H,28,30)/t16-,22-/m1/s1. The van der Waals surface area contributed by atoms with Crippen molar-refractivity contribution < 1.29 is 18.7 Å². The van der Waals surface area contributed by atoms with Gasteiger partial charge in [0, 0.05) is 23.8 Å². The summed E-state index contributed by atoms with van der Waals surface area (Å²) in [6.07, 6.45) is 0.864. The summed E-state index contributed by atoms with van der Waals surface area (Å²) >= 11 is 0. The molecular formula is C24H23FN4O3. The number of nitriles is 1. The molecule has 7 nitrogen and oxygen atoms in total. The van der Waals surface area contributed by atoms with E-state index in [-0.39, 0.29) is 24.4 Å². The third kappa shape index (κ3) is 4.79. The number of rotatable bonds is 6. The highest BCUT2D eigenvalue weighted by molar-refractivity contribution is 5.95. The quantitative estimate of drug-likeness (QED) is 0.600. The summed E-state index contributed by atoms with van der Waals surface area (Å²) in [4.78, 5) is 19.2. The summed E-state index contributed by atoms with van der Waals surface area (Å²) < 4.78 is 24.3. The number of carbonyl (C=O) groups excluding carboxylic acids is 1. The molecule has 1 aliphatic rings. The molecule has 0 radical (unpaired) electrons. The lowest BCUT2D eigenvalue weighted by molar-refractivity contribution is -0.137. The number of morpholine rings is 1. The van der Waals surface area contributed by atoms with Crippen molar-refractivity contribution in [1.82, 2.24) is 10.3 Å². The van der Waals surface area contributed by atoms with Crippen LogP contribution in [0.4, 0.5) is 10.1 Å². The molecule has 0 saturated carbocycles. The van der Waals surface area contributed by atoms with E-state index in [1.54, 1.807) is 12.3 Å². The third-order valence-corrected chi connectivity index (χ3v) is 5.24. The van der Waals surface area contributed by atoms with Crippen LogP contribution in [0.25, 0.3) is 10.9 Å². The highest BCUT2D eigenvalue weighted by Crippen LogP contribution is 2.30. The molecule has 1 amide bonds. The maximum absolute atomic E-state index is 12.9. The minimum Gasteiger partial charge on any atom is -0.492 e. The zero-order chi connectivity index (χ0) is 22.5. The zero-order valence-electron chi connectivity index (χ0n) is 17.6. The van der Waals surface area contributed by atoms with Crippen LogP contribution in [0, 0.1) is 17.1 Å². The largest absolute Gasteiger partial charge is 0.492 e. The maximum atomic E-state index is 12.9. The molecular weight excluding hydrogens is 411 g/mol. The Morgan fingerprint density at radius 1 is 1.28 bits per heavy atom. The van der Waals surface area contributed by atoms with Crippen molar-refractivity contribution in [2.75, 3.05) is 31.1 Å². The normalized spacial score (nSPS) is 18.2. The molecule has 0 aliphatic carbocycles. The first-order valence-electron chi connectivity index (χ1n) is 10.4. The van der Waals surface area contributed by atoms with Gasteiger partial charge < -0.3 is 19.7 Å². The summed E-state index contributed by atoms with van der Waals surface area (Å²) in [5.74, 6) is -0.0133. The Labute approximate surface area is 185 Å². The first-order valence-corrected chi connectivity index (χ1v) is 10.4. The third-order valence-electron chi connectivity index (χ3n) is 5.24. The van der Waals surface area contributed by atoms with Crippen LogP contribution in [0.1, 0.15) is 12.5 Å². The molecule has 2 aromatic carbocycles. The number of hydrogen-bond acceptors (Lipinski definition) is 6. The Kier molecular flexibility index (Phi) is 6.47. The zero-order valence-corrected chi connectivity index (χ0v) is 17.6. The van der Waals surface area contributed by atoms with E-state index in [1.807, 2.05) is 25.1 Å². The number of fused-ring (bicyclic) bond motifs is 1. The van der Waals surface area contributed by atoms with E-state index in [9.17, 15) is 14.4 Å². The fourth-order valence-corrected chi connectivity index (χ4v) is 3.80. The van der Waals surface area contributed by atoms with Gasteiger partial charge in [-0.25, -0.2) is 4.39 Å². The number of aromatic nitrogens is 1. The number of nitrogens with one attached hydrogen (secondary N) is 1. The molecule has 2 heterocycles. The van der Waals surface area contributed by atoms with Crippen LogP contribution < -0.4 is 15.0 Å². The van der Waals surface area contributed by atoms with E-state index in [0.29, 0.717) is 36.5 Å². The molecule has 32 heavy (non-hydrogen) atoms. The molecule has 1 N–H and O–H groups in total. The van der Waals surface area contributed by atoms with Crippen LogP contribution in [-0.2, 0) is 9.53 Å². The average Bonchev–Trinajstić information content (AvgIpc) is 2.81. The predicted octanol–water partition coefficient (Wildman–Crippen LogP) is 3.03. The minimum absolute atomic E-state index is 0.155. The monoisotopic (exact) mass is 434 g/mol. The van der Waals surface area contributed by atoms with Crippen molar-refractivity contribution in [3.63, 3.8) is 0 Å². The Morgan fingerprint density at radius 3 is 2.88 bits per heavy atom. The number of pyridine rings is 1. The second-order valence-electron chi connectivity index (χ2n) is 7.58. The Balaban J connectivity index is 1.40. The predicted molar refractivity (Wildman–Crippen MR) is 118 cm³/mol. The van der Waals surface area contributed by atoms with Crippen LogP contribution in [0.15, 0.2) is 54.7 Å². The Bertz CT molecular complexity index is 1150. The molecule has 2 atom stereocenters. The second-order valence-corrected chi connectivity index (χ2v) is 7.58. The fourth-order valence-electron chi connectivity index (χ4n) is 3.80. The minimum atomic E-state index is -0.646. The van der Waals surface area contributed by atoms with Crippen LogP contribution in [0.2, 0.25) is 0 Å². The van der Waals surface area contributed by atoms with Gasteiger partial charge in [-0.05, 0) is 55.5 Å². The fraction of sp³-hybridized carbons (Fsp3) is 0.292. The summed E-state index contributed by atoms with van der Waals surface area (Å²) in [6, 6.07) is 15.3. The van der Waals surface area contributed by atoms with Crippen molar-refractivity contribution in [2.24, 2.45) is 0 Å². The van der Waals surface area contributed by atoms with Gasteiger partial charge in [0.1, 0.15) is 24.2 Å². The number of amides is 1. The maximum Gasteiger partial charge on any atom is 0.251 e. The number of nitrogens with zero attached hydrogens (tertiary/aromatic N) is 3.